The number of aromatic amines is 1. The van der Waals surface area contributed by atoms with Crippen LogP contribution in [0.25, 0.3) is 10.9 Å². The van der Waals surface area contributed by atoms with Crippen molar-refractivity contribution in [2.45, 2.75) is 32.6 Å². The van der Waals surface area contributed by atoms with Crippen molar-refractivity contribution in [3.05, 3.63) is 42.1 Å². The molecule has 6 nitrogen and oxygen atoms in total. The average molecular weight is 371 g/mol. The zero-order chi connectivity index (χ0) is 19.6. The van der Waals surface area contributed by atoms with Crippen molar-refractivity contribution in [2.75, 3.05) is 20.3 Å². The summed E-state index contributed by atoms with van der Waals surface area (Å²) in [6.07, 6.45) is 2.25. The van der Waals surface area contributed by atoms with Crippen LogP contribution in [0.3, 0.4) is 0 Å². The monoisotopic (exact) mass is 371 g/mol. The van der Waals surface area contributed by atoms with E-state index in [1.807, 2.05) is 18.2 Å². The highest BCUT2D eigenvalue weighted by atomic mass is 16.6. The SMILES string of the molecule is C=C[C@H]1CC(C(=O)OCC)(C(=O)OCC)Cc2c1[nH]c1ccc(OC)cc21. The maximum absolute atomic E-state index is 12.9. The van der Waals surface area contributed by atoms with Crippen LogP contribution in [0.1, 0.15) is 37.4 Å². The van der Waals surface area contributed by atoms with Gasteiger partial charge in [-0.3, -0.25) is 9.59 Å². The largest absolute Gasteiger partial charge is 0.497 e. The smallest absolute Gasteiger partial charge is 0.323 e. The molecule has 1 N–H and O–H groups in total. The fourth-order valence-electron chi connectivity index (χ4n) is 3.87. The third-order valence-corrected chi connectivity index (χ3v) is 5.18. The number of fused-ring (bicyclic) bond motifs is 3. The number of carbonyl (C=O) groups is 2. The van der Waals surface area contributed by atoms with Gasteiger partial charge in [-0.1, -0.05) is 6.08 Å². The van der Waals surface area contributed by atoms with Crippen LogP contribution in [-0.2, 0) is 25.5 Å². The van der Waals surface area contributed by atoms with Gasteiger partial charge in [0.2, 0.25) is 0 Å². The molecule has 1 atom stereocenters. The van der Waals surface area contributed by atoms with Gasteiger partial charge in [0, 0.05) is 28.9 Å². The molecule has 0 saturated heterocycles. The van der Waals surface area contributed by atoms with Crippen LogP contribution in [0.5, 0.6) is 5.75 Å². The summed E-state index contributed by atoms with van der Waals surface area (Å²) in [4.78, 5) is 29.2. The second-order valence-corrected chi connectivity index (χ2v) is 6.67. The van der Waals surface area contributed by atoms with Gasteiger partial charge >= 0.3 is 11.9 Å². The van der Waals surface area contributed by atoms with E-state index >= 15 is 0 Å². The Morgan fingerprint density at radius 3 is 2.48 bits per heavy atom. The van der Waals surface area contributed by atoms with Crippen LogP contribution < -0.4 is 4.74 Å². The van der Waals surface area contributed by atoms with E-state index < -0.39 is 17.4 Å². The first-order valence-corrected chi connectivity index (χ1v) is 9.16. The predicted molar refractivity (Wildman–Crippen MR) is 102 cm³/mol. The number of carbonyl (C=O) groups excluding carboxylic acids is 2. The summed E-state index contributed by atoms with van der Waals surface area (Å²) in [7, 11) is 1.61. The van der Waals surface area contributed by atoms with Gasteiger partial charge in [0.15, 0.2) is 5.41 Å². The molecule has 1 heterocycles. The lowest BCUT2D eigenvalue weighted by atomic mass is 9.68. The molecule has 1 aromatic heterocycles. The van der Waals surface area contributed by atoms with E-state index in [0.29, 0.717) is 5.75 Å². The molecule has 6 heteroatoms. The molecule has 0 radical (unpaired) electrons. The Morgan fingerprint density at radius 1 is 1.26 bits per heavy atom. The highest BCUT2D eigenvalue weighted by molar-refractivity contribution is 6.02. The summed E-state index contributed by atoms with van der Waals surface area (Å²) in [5, 5.41) is 0.925. The zero-order valence-electron chi connectivity index (χ0n) is 16.0. The number of rotatable bonds is 6. The lowest BCUT2D eigenvalue weighted by molar-refractivity contribution is -0.173. The lowest BCUT2D eigenvalue weighted by Gasteiger charge is -2.35. The topological polar surface area (TPSA) is 77.6 Å². The summed E-state index contributed by atoms with van der Waals surface area (Å²) in [6.45, 7) is 7.78. The molecule has 27 heavy (non-hydrogen) atoms. The molecule has 0 bridgehead atoms. The van der Waals surface area contributed by atoms with E-state index in [1.165, 1.54) is 0 Å². The maximum atomic E-state index is 12.9. The molecule has 0 amide bonds. The standard InChI is InChI=1S/C21H25NO5/c1-5-13-11-21(19(23)26-6-2,20(24)27-7-3)12-16-15-10-14(25-4)8-9-17(15)22-18(13)16/h5,8-10,13,22H,1,6-7,11-12H2,2-4H3/t13-/m0/s1. The van der Waals surface area contributed by atoms with E-state index in [4.69, 9.17) is 14.2 Å². The van der Waals surface area contributed by atoms with Crippen LogP contribution in [0.4, 0.5) is 0 Å². The van der Waals surface area contributed by atoms with E-state index in [2.05, 4.69) is 11.6 Å². The highest BCUT2D eigenvalue weighted by Crippen LogP contribution is 2.47. The molecule has 144 valence electrons. The van der Waals surface area contributed by atoms with Gasteiger partial charge in [0.1, 0.15) is 5.75 Å². The number of nitrogens with one attached hydrogen (secondary N) is 1. The number of allylic oxidation sites excluding steroid dienone is 1. The van der Waals surface area contributed by atoms with Crippen LogP contribution in [0.15, 0.2) is 30.9 Å². The molecule has 2 aromatic rings. The Kier molecular flexibility index (Phi) is 5.26. The fraction of sp³-hybridized carbons (Fsp3) is 0.429. The van der Waals surface area contributed by atoms with Crippen LogP contribution in [0, 0.1) is 5.41 Å². The second-order valence-electron chi connectivity index (χ2n) is 6.67. The summed E-state index contributed by atoms with van der Waals surface area (Å²) < 4.78 is 15.9. The normalized spacial score (nSPS) is 17.8. The van der Waals surface area contributed by atoms with Gasteiger partial charge in [-0.2, -0.15) is 0 Å². The van der Waals surface area contributed by atoms with Crippen molar-refractivity contribution in [1.29, 1.82) is 0 Å². The Balaban J connectivity index is 2.19. The fourth-order valence-corrected chi connectivity index (χ4v) is 3.87. The van der Waals surface area contributed by atoms with Gasteiger partial charge in [-0.25, -0.2) is 0 Å². The summed E-state index contributed by atoms with van der Waals surface area (Å²) in [5.41, 5.74) is 1.42. The van der Waals surface area contributed by atoms with Gasteiger partial charge in [-0.05, 0) is 44.0 Å². The predicted octanol–water partition coefficient (Wildman–Crippen LogP) is 3.50. The van der Waals surface area contributed by atoms with E-state index in [0.717, 1.165) is 22.2 Å². The quantitative estimate of drug-likeness (QED) is 0.478. The minimum Gasteiger partial charge on any atom is -0.497 e. The Labute approximate surface area is 158 Å². The zero-order valence-corrected chi connectivity index (χ0v) is 16.0. The maximum Gasteiger partial charge on any atom is 0.323 e. The van der Waals surface area contributed by atoms with Crippen molar-refractivity contribution in [3.8, 4) is 5.75 Å². The van der Waals surface area contributed by atoms with Crippen LogP contribution in [0.2, 0.25) is 0 Å². The molecule has 0 unspecified atom stereocenters. The van der Waals surface area contributed by atoms with Crippen molar-refractivity contribution in [2.24, 2.45) is 5.41 Å². The number of aromatic nitrogens is 1. The Morgan fingerprint density at radius 2 is 1.93 bits per heavy atom. The third-order valence-electron chi connectivity index (χ3n) is 5.18. The molecule has 1 aromatic carbocycles. The van der Waals surface area contributed by atoms with E-state index in [9.17, 15) is 9.59 Å². The molecule has 0 aliphatic heterocycles. The summed E-state index contributed by atoms with van der Waals surface area (Å²) in [6, 6.07) is 5.72. The average Bonchev–Trinajstić information content (AvgIpc) is 3.04. The highest BCUT2D eigenvalue weighted by Gasteiger charge is 2.53. The number of H-pyrrole nitrogens is 1. The molecular formula is C21H25NO5. The van der Waals surface area contributed by atoms with Gasteiger partial charge in [-0.15, -0.1) is 6.58 Å². The Hall–Kier alpha value is -2.76. The molecular weight excluding hydrogens is 346 g/mol. The number of ether oxygens (including phenoxy) is 3. The van der Waals surface area contributed by atoms with Gasteiger partial charge in [0.05, 0.1) is 20.3 Å². The number of hydrogen-bond acceptors (Lipinski definition) is 5. The summed E-state index contributed by atoms with van der Waals surface area (Å²) >= 11 is 0. The first-order chi connectivity index (χ1) is 13.0. The van der Waals surface area contributed by atoms with Crippen LogP contribution >= 0.6 is 0 Å². The van der Waals surface area contributed by atoms with Crippen molar-refractivity contribution in [1.82, 2.24) is 4.98 Å². The number of hydrogen-bond donors (Lipinski definition) is 1. The van der Waals surface area contributed by atoms with E-state index in [-0.39, 0.29) is 32.0 Å². The molecule has 1 aliphatic rings. The number of esters is 2. The van der Waals surface area contributed by atoms with E-state index in [1.54, 1.807) is 27.0 Å². The minimum absolute atomic E-state index is 0.194. The molecule has 1 aliphatic carbocycles. The molecule has 0 spiro atoms. The Bertz CT molecular complexity index is 864. The third kappa shape index (κ3) is 3.09. The van der Waals surface area contributed by atoms with Crippen LogP contribution in [-0.4, -0.2) is 37.2 Å². The number of benzene rings is 1. The molecule has 0 saturated carbocycles. The first kappa shape index (κ1) is 19.0. The van der Waals surface area contributed by atoms with Crippen molar-refractivity contribution >= 4 is 22.8 Å². The summed E-state index contributed by atoms with van der Waals surface area (Å²) in [5.74, 6) is -0.569. The van der Waals surface area contributed by atoms with Gasteiger partial charge < -0.3 is 19.2 Å². The second kappa shape index (κ2) is 7.47. The van der Waals surface area contributed by atoms with Gasteiger partial charge in [0.25, 0.3) is 0 Å². The van der Waals surface area contributed by atoms with Crippen molar-refractivity contribution in [3.63, 3.8) is 0 Å². The first-order valence-electron chi connectivity index (χ1n) is 9.16. The van der Waals surface area contributed by atoms with Crippen molar-refractivity contribution < 1.29 is 23.8 Å². The molecule has 3 rings (SSSR count). The lowest BCUT2D eigenvalue weighted by Crippen LogP contribution is -2.47. The minimum atomic E-state index is -1.38. The molecule has 0 fully saturated rings. The number of methoxy groups -OCH3 is 1.